The summed E-state index contributed by atoms with van der Waals surface area (Å²) >= 11 is 9.21. The van der Waals surface area contributed by atoms with Crippen LogP contribution in [0, 0.1) is 5.92 Å². The summed E-state index contributed by atoms with van der Waals surface area (Å²) in [6, 6.07) is 11.5. The first-order valence-electron chi connectivity index (χ1n) is 7.41. The number of rotatable bonds is 7. The van der Waals surface area contributed by atoms with E-state index in [1.807, 2.05) is 11.3 Å². The van der Waals surface area contributed by atoms with Crippen LogP contribution in [0.3, 0.4) is 0 Å². The van der Waals surface area contributed by atoms with Crippen LogP contribution in [0.2, 0.25) is 0 Å². The van der Waals surface area contributed by atoms with Gasteiger partial charge in [0.2, 0.25) is 0 Å². The third-order valence-electron chi connectivity index (χ3n) is 3.90. The van der Waals surface area contributed by atoms with Crippen molar-refractivity contribution in [3.05, 3.63) is 55.1 Å². The monoisotopic (exact) mass is 427 g/mol. The van der Waals surface area contributed by atoms with Crippen molar-refractivity contribution in [3.8, 4) is 0 Å². The molecule has 0 aliphatic heterocycles. The quantitative estimate of drug-likeness (QED) is 0.620. The number of benzene rings is 1. The molecule has 1 aliphatic rings. The predicted octanol–water partition coefficient (Wildman–Crippen LogP) is 5.43. The van der Waals surface area contributed by atoms with E-state index in [1.165, 1.54) is 32.2 Å². The lowest BCUT2D eigenvalue weighted by Gasteiger charge is -2.18. The zero-order valence-electron chi connectivity index (χ0n) is 11.8. The van der Waals surface area contributed by atoms with E-state index < -0.39 is 0 Å². The zero-order chi connectivity index (χ0) is 14.7. The molecule has 0 spiro atoms. The Bertz CT molecular complexity index is 592. The van der Waals surface area contributed by atoms with Crippen LogP contribution >= 0.6 is 43.2 Å². The van der Waals surface area contributed by atoms with Crippen molar-refractivity contribution < 1.29 is 0 Å². The summed E-state index contributed by atoms with van der Waals surface area (Å²) in [4.78, 5) is 1.46. The standard InChI is InChI=1S/C17H19Br2NS/c18-15-4-2-1-3-13(15)9-12(11-20-14-5-6-14)10-17-16(19)7-8-21-17/h1-4,7-8,12,14,20H,5-6,9-11H2. The van der Waals surface area contributed by atoms with Crippen LogP contribution in [-0.2, 0) is 12.8 Å². The van der Waals surface area contributed by atoms with Crippen LogP contribution in [0.1, 0.15) is 23.3 Å². The lowest BCUT2D eigenvalue weighted by Crippen LogP contribution is -2.27. The molecule has 1 fully saturated rings. The zero-order valence-corrected chi connectivity index (χ0v) is 15.8. The minimum atomic E-state index is 0.638. The van der Waals surface area contributed by atoms with Crippen molar-refractivity contribution in [2.45, 2.75) is 31.7 Å². The second-order valence-electron chi connectivity index (χ2n) is 5.74. The molecule has 1 atom stereocenters. The van der Waals surface area contributed by atoms with E-state index in [0.717, 1.165) is 25.4 Å². The molecular formula is C17H19Br2NS. The van der Waals surface area contributed by atoms with Crippen molar-refractivity contribution >= 4 is 43.2 Å². The molecule has 112 valence electrons. The topological polar surface area (TPSA) is 12.0 Å². The van der Waals surface area contributed by atoms with E-state index in [1.54, 1.807) is 0 Å². The first-order valence-corrected chi connectivity index (χ1v) is 9.87. The molecule has 1 unspecified atom stereocenters. The lowest BCUT2D eigenvalue weighted by atomic mass is 9.95. The third kappa shape index (κ3) is 4.65. The van der Waals surface area contributed by atoms with Crippen molar-refractivity contribution in [2.75, 3.05) is 6.54 Å². The number of hydrogen-bond donors (Lipinski definition) is 1. The first-order chi connectivity index (χ1) is 10.2. The van der Waals surface area contributed by atoms with E-state index in [4.69, 9.17) is 0 Å². The Morgan fingerprint density at radius 1 is 1.10 bits per heavy atom. The van der Waals surface area contributed by atoms with Gasteiger partial charge >= 0.3 is 0 Å². The summed E-state index contributed by atoms with van der Waals surface area (Å²) in [7, 11) is 0. The highest BCUT2D eigenvalue weighted by molar-refractivity contribution is 9.10. The van der Waals surface area contributed by atoms with Crippen LogP contribution in [0.4, 0.5) is 0 Å². The Labute approximate surface area is 147 Å². The number of halogens is 2. The SMILES string of the molecule is Brc1ccccc1CC(CNC1CC1)Cc1sccc1Br. The van der Waals surface area contributed by atoms with Gasteiger partial charge in [-0.1, -0.05) is 34.1 Å². The van der Waals surface area contributed by atoms with Crippen LogP contribution in [-0.4, -0.2) is 12.6 Å². The molecule has 1 aromatic carbocycles. The van der Waals surface area contributed by atoms with Crippen molar-refractivity contribution in [1.82, 2.24) is 5.32 Å². The summed E-state index contributed by atoms with van der Waals surface area (Å²) in [5.74, 6) is 0.638. The summed E-state index contributed by atoms with van der Waals surface area (Å²) in [5, 5.41) is 5.87. The smallest absolute Gasteiger partial charge is 0.0314 e. The summed E-state index contributed by atoms with van der Waals surface area (Å²) < 4.78 is 2.49. The van der Waals surface area contributed by atoms with E-state index in [0.29, 0.717) is 5.92 Å². The Kier molecular flexibility index (Phi) is 5.54. The molecule has 21 heavy (non-hydrogen) atoms. The fourth-order valence-corrected chi connectivity index (χ4v) is 4.62. The van der Waals surface area contributed by atoms with Gasteiger partial charge in [0.05, 0.1) is 0 Å². The molecular weight excluding hydrogens is 410 g/mol. The van der Waals surface area contributed by atoms with Crippen LogP contribution < -0.4 is 5.32 Å². The Morgan fingerprint density at radius 3 is 2.57 bits per heavy atom. The van der Waals surface area contributed by atoms with Gasteiger partial charge in [-0.25, -0.2) is 0 Å². The Morgan fingerprint density at radius 2 is 1.90 bits per heavy atom. The van der Waals surface area contributed by atoms with Crippen LogP contribution in [0.25, 0.3) is 0 Å². The molecule has 0 amide bonds. The average Bonchev–Trinajstić information content (AvgIpc) is 3.22. The maximum absolute atomic E-state index is 3.70. The molecule has 1 N–H and O–H groups in total. The molecule has 1 saturated carbocycles. The maximum Gasteiger partial charge on any atom is 0.0314 e. The molecule has 0 radical (unpaired) electrons. The molecule has 3 rings (SSSR count). The van der Waals surface area contributed by atoms with Gasteiger partial charge in [0, 0.05) is 19.9 Å². The minimum absolute atomic E-state index is 0.638. The van der Waals surface area contributed by atoms with Crippen molar-refractivity contribution in [3.63, 3.8) is 0 Å². The van der Waals surface area contributed by atoms with Gasteiger partial charge in [0.1, 0.15) is 0 Å². The molecule has 0 bridgehead atoms. The number of thiophene rings is 1. The van der Waals surface area contributed by atoms with E-state index in [2.05, 4.69) is 72.9 Å². The number of hydrogen-bond acceptors (Lipinski definition) is 2. The highest BCUT2D eigenvalue weighted by Crippen LogP contribution is 2.28. The summed E-state index contributed by atoms with van der Waals surface area (Å²) in [5.41, 5.74) is 1.41. The van der Waals surface area contributed by atoms with Crippen LogP contribution in [0.5, 0.6) is 0 Å². The van der Waals surface area contributed by atoms with Gasteiger partial charge in [0.25, 0.3) is 0 Å². The van der Waals surface area contributed by atoms with Gasteiger partial charge in [-0.3, -0.25) is 0 Å². The normalized spacial score (nSPS) is 16.1. The van der Waals surface area contributed by atoms with E-state index in [-0.39, 0.29) is 0 Å². The second-order valence-corrected chi connectivity index (χ2v) is 8.45. The molecule has 1 heterocycles. The highest BCUT2D eigenvalue weighted by atomic mass is 79.9. The van der Waals surface area contributed by atoms with E-state index in [9.17, 15) is 0 Å². The molecule has 1 aromatic heterocycles. The molecule has 1 nitrogen and oxygen atoms in total. The van der Waals surface area contributed by atoms with Gasteiger partial charge in [-0.15, -0.1) is 11.3 Å². The fraction of sp³-hybridized carbons (Fsp3) is 0.412. The summed E-state index contributed by atoms with van der Waals surface area (Å²) in [6.07, 6.45) is 4.96. The van der Waals surface area contributed by atoms with Gasteiger partial charge in [-0.05, 0) is 77.2 Å². The molecule has 2 aromatic rings. The second kappa shape index (κ2) is 7.40. The summed E-state index contributed by atoms with van der Waals surface area (Å²) in [6.45, 7) is 1.11. The van der Waals surface area contributed by atoms with Crippen LogP contribution in [0.15, 0.2) is 44.7 Å². The van der Waals surface area contributed by atoms with E-state index >= 15 is 0 Å². The Hall–Kier alpha value is -0.160. The van der Waals surface area contributed by atoms with Crippen molar-refractivity contribution in [2.24, 2.45) is 5.92 Å². The fourth-order valence-electron chi connectivity index (χ4n) is 2.55. The molecule has 1 aliphatic carbocycles. The highest BCUT2D eigenvalue weighted by Gasteiger charge is 2.23. The van der Waals surface area contributed by atoms with Gasteiger partial charge in [-0.2, -0.15) is 0 Å². The van der Waals surface area contributed by atoms with Gasteiger partial charge < -0.3 is 5.32 Å². The Balaban J connectivity index is 1.68. The van der Waals surface area contributed by atoms with Gasteiger partial charge in [0.15, 0.2) is 0 Å². The predicted molar refractivity (Wildman–Crippen MR) is 98.1 cm³/mol. The first kappa shape index (κ1) is 15.7. The molecule has 4 heteroatoms. The third-order valence-corrected chi connectivity index (χ3v) is 6.63. The largest absolute Gasteiger partial charge is 0.314 e. The minimum Gasteiger partial charge on any atom is -0.314 e. The lowest BCUT2D eigenvalue weighted by molar-refractivity contribution is 0.470. The molecule has 0 saturated heterocycles. The average molecular weight is 429 g/mol. The maximum atomic E-state index is 3.70. The van der Waals surface area contributed by atoms with Crippen molar-refractivity contribution in [1.29, 1.82) is 0 Å². The number of nitrogens with one attached hydrogen (secondary N) is 1.